The van der Waals surface area contributed by atoms with Crippen LogP contribution in [-0.2, 0) is 12.8 Å². The lowest BCUT2D eigenvalue weighted by Crippen LogP contribution is -2.14. The molecule has 0 amide bonds. The molecule has 82 valence electrons. The normalized spacial score (nSPS) is 16.7. The minimum absolute atomic E-state index is 0.197. The van der Waals surface area contributed by atoms with Crippen molar-refractivity contribution in [3.63, 3.8) is 0 Å². The Balaban J connectivity index is 2.16. The Hall–Kier alpha value is -1.02. The first-order valence-electron chi connectivity index (χ1n) is 5.80. The van der Waals surface area contributed by atoms with Crippen LogP contribution in [0.25, 0.3) is 0 Å². The highest BCUT2D eigenvalue weighted by Gasteiger charge is 2.12. The quantitative estimate of drug-likeness (QED) is 0.794. The first-order chi connectivity index (χ1) is 7.27. The van der Waals surface area contributed by atoms with Gasteiger partial charge < -0.3 is 10.4 Å². The van der Waals surface area contributed by atoms with E-state index in [4.69, 9.17) is 0 Å². The number of anilines is 1. The van der Waals surface area contributed by atoms with Crippen LogP contribution in [0.1, 0.15) is 30.9 Å². The topological polar surface area (TPSA) is 32.3 Å². The van der Waals surface area contributed by atoms with Crippen LogP contribution >= 0.6 is 0 Å². The fourth-order valence-electron chi connectivity index (χ4n) is 2.18. The summed E-state index contributed by atoms with van der Waals surface area (Å²) in [5, 5.41) is 12.7. The van der Waals surface area contributed by atoms with Gasteiger partial charge in [0.2, 0.25) is 0 Å². The first-order valence-corrected chi connectivity index (χ1v) is 5.80. The molecule has 2 rings (SSSR count). The van der Waals surface area contributed by atoms with Gasteiger partial charge in [0.25, 0.3) is 0 Å². The van der Waals surface area contributed by atoms with E-state index in [1.807, 2.05) is 6.92 Å². The third-order valence-corrected chi connectivity index (χ3v) is 3.02. The predicted octanol–water partition coefficient (Wildman–Crippen LogP) is 2.36. The molecule has 1 unspecified atom stereocenters. The molecule has 1 aliphatic heterocycles. The van der Waals surface area contributed by atoms with Gasteiger partial charge in [0.05, 0.1) is 6.10 Å². The van der Waals surface area contributed by atoms with Crippen molar-refractivity contribution in [1.82, 2.24) is 0 Å². The number of aryl methyl sites for hydroxylation is 1. The van der Waals surface area contributed by atoms with Crippen molar-refractivity contribution in [2.75, 3.05) is 11.9 Å². The van der Waals surface area contributed by atoms with E-state index in [2.05, 4.69) is 23.5 Å². The Kier molecular flexibility index (Phi) is 3.27. The molecular formula is C13H19NO. The molecule has 1 atom stereocenters. The van der Waals surface area contributed by atoms with E-state index in [-0.39, 0.29) is 6.10 Å². The molecule has 0 radical (unpaired) electrons. The molecule has 1 heterocycles. The maximum atomic E-state index is 9.30. The second kappa shape index (κ2) is 4.67. The summed E-state index contributed by atoms with van der Waals surface area (Å²) in [5.74, 6) is 0. The second-order valence-electron chi connectivity index (χ2n) is 4.36. The highest BCUT2D eigenvalue weighted by molar-refractivity contribution is 5.56. The van der Waals surface area contributed by atoms with Gasteiger partial charge in [-0.05, 0) is 49.8 Å². The van der Waals surface area contributed by atoms with Gasteiger partial charge in [0, 0.05) is 12.2 Å². The molecule has 0 saturated heterocycles. The van der Waals surface area contributed by atoms with E-state index in [0.29, 0.717) is 0 Å². The van der Waals surface area contributed by atoms with Gasteiger partial charge in [0.1, 0.15) is 0 Å². The van der Waals surface area contributed by atoms with E-state index in [1.165, 1.54) is 29.7 Å². The minimum Gasteiger partial charge on any atom is -0.393 e. The molecule has 0 saturated carbocycles. The Morgan fingerprint density at radius 3 is 3.13 bits per heavy atom. The van der Waals surface area contributed by atoms with Crippen LogP contribution in [0, 0.1) is 0 Å². The Labute approximate surface area is 91.3 Å². The van der Waals surface area contributed by atoms with Crippen molar-refractivity contribution < 1.29 is 5.11 Å². The number of hydrogen-bond acceptors (Lipinski definition) is 2. The number of nitrogens with one attached hydrogen (secondary N) is 1. The zero-order valence-corrected chi connectivity index (χ0v) is 9.29. The summed E-state index contributed by atoms with van der Waals surface area (Å²) in [6.45, 7) is 2.94. The van der Waals surface area contributed by atoms with Crippen LogP contribution in [0.15, 0.2) is 18.2 Å². The fourth-order valence-corrected chi connectivity index (χ4v) is 2.18. The predicted molar refractivity (Wildman–Crippen MR) is 63.3 cm³/mol. The van der Waals surface area contributed by atoms with Gasteiger partial charge in [-0.25, -0.2) is 0 Å². The molecule has 0 bridgehead atoms. The first kappa shape index (κ1) is 10.5. The minimum atomic E-state index is -0.197. The summed E-state index contributed by atoms with van der Waals surface area (Å²) >= 11 is 0. The van der Waals surface area contributed by atoms with Crippen LogP contribution in [0.2, 0.25) is 0 Å². The lowest BCUT2D eigenvalue weighted by Gasteiger charge is -2.21. The molecule has 2 heteroatoms. The molecule has 0 spiro atoms. The molecule has 1 aromatic carbocycles. The van der Waals surface area contributed by atoms with Crippen LogP contribution in [0.5, 0.6) is 0 Å². The zero-order valence-electron chi connectivity index (χ0n) is 9.29. The third kappa shape index (κ3) is 2.51. The monoisotopic (exact) mass is 205 g/mol. The second-order valence-corrected chi connectivity index (χ2v) is 4.36. The van der Waals surface area contributed by atoms with Crippen molar-refractivity contribution in [3.05, 3.63) is 29.3 Å². The summed E-state index contributed by atoms with van der Waals surface area (Å²) in [7, 11) is 0. The summed E-state index contributed by atoms with van der Waals surface area (Å²) in [6, 6.07) is 6.45. The fraction of sp³-hybridized carbons (Fsp3) is 0.538. The highest BCUT2D eigenvalue weighted by Crippen LogP contribution is 2.26. The molecule has 0 aliphatic carbocycles. The van der Waals surface area contributed by atoms with Crippen molar-refractivity contribution in [2.24, 2.45) is 0 Å². The van der Waals surface area contributed by atoms with Crippen LogP contribution in [0.4, 0.5) is 5.69 Å². The average molecular weight is 205 g/mol. The molecule has 1 aromatic rings. The van der Waals surface area contributed by atoms with Gasteiger partial charge in [-0.1, -0.05) is 12.1 Å². The van der Waals surface area contributed by atoms with Crippen LogP contribution in [0.3, 0.4) is 0 Å². The number of rotatable bonds is 3. The Morgan fingerprint density at radius 1 is 1.47 bits per heavy atom. The van der Waals surface area contributed by atoms with E-state index in [1.54, 1.807) is 0 Å². The number of aliphatic hydroxyl groups excluding tert-OH is 1. The summed E-state index contributed by atoms with van der Waals surface area (Å²) < 4.78 is 0. The number of benzene rings is 1. The lowest BCUT2D eigenvalue weighted by atomic mass is 9.94. The smallest absolute Gasteiger partial charge is 0.0515 e. The number of hydrogen-bond donors (Lipinski definition) is 2. The van der Waals surface area contributed by atoms with Crippen LogP contribution < -0.4 is 5.32 Å². The molecule has 0 aromatic heterocycles. The van der Waals surface area contributed by atoms with Gasteiger partial charge in [0.15, 0.2) is 0 Å². The SMILES string of the molecule is CC(O)CCc1cccc2c1CCCN2. The number of aliphatic hydroxyl groups is 1. The molecular weight excluding hydrogens is 186 g/mol. The Bertz CT molecular complexity index is 333. The molecule has 2 N–H and O–H groups in total. The van der Waals surface area contributed by atoms with E-state index in [0.717, 1.165) is 19.4 Å². The molecule has 0 fully saturated rings. The van der Waals surface area contributed by atoms with Crippen LogP contribution in [-0.4, -0.2) is 17.8 Å². The largest absolute Gasteiger partial charge is 0.393 e. The zero-order chi connectivity index (χ0) is 10.7. The summed E-state index contributed by atoms with van der Waals surface area (Å²) in [4.78, 5) is 0. The summed E-state index contributed by atoms with van der Waals surface area (Å²) in [6.07, 6.45) is 4.05. The van der Waals surface area contributed by atoms with E-state index in [9.17, 15) is 5.11 Å². The molecule has 2 nitrogen and oxygen atoms in total. The van der Waals surface area contributed by atoms with Gasteiger partial charge in [-0.15, -0.1) is 0 Å². The van der Waals surface area contributed by atoms with Crippen molar-refractivity contribution in [1.29, 1.82) is 0 Å². The third-order valence-electron chi connectivity index (χ3n) is 3.02. The standard InChI is InChI=1S/C13H19NO/c1-10(15)7-8-11-4-2-6-13-12(11)5-3-9-14-13/h2,4,6,10,14-15H,3,5,7-9H2,1H3. The molecule has 15 heavy (non-hydrogen) atoms. The van der Waals surface area contributed by atoms with Gasteiger partial charge in [-0.2, -0.15) is 0 Å². The Morgan fingerprint density at radius 2 is 2.33 bits per heavy atom. The van der Waals surface area contributed by atoms with E-state index >= 15 is 0 Å². The van der Waals surface area contributed by atoms with Gasteiger partial charge in [-0.3, -0.25) is 0 Å². The number of fused-ring (bicyclic) bond motifs is 1. The van der Waals surface area contributed by atoms with Gasteiger partial charge >= 0.3 is 0 Å². The van der Waals surface area contributed by atoms with Crippen molar-refractivity contribution >= 4 is 5.69 Å². The average Bonchev–Trinajstić information content (AvgIpc) is 2.26. The maximum Gasteiger partial charge on any atom is 0.0515 e. The highest BCUT2D eigenvalue weighted by atomic mass is 16.3. The lowest BCUT2D eigenvalue weighted by molar-refractivity contribution is 0.185. The van der Waals surface area contributed by atoms with Crippen molar-refractivity contribution in [2.45, 2.75) is 38.7 Å². The summed E-state index contributed by atoms with van der Waals surface area (Å²) in [5.41, 5.74) is 4.16. The van der Waals surface area contributed by atoms with E-state index < -0.39 is 0 Å². The maximum absolute atomic E-state index is 9.30. The van der Waals surface area contributed by atoms with Crippen molar-refractivity contribution in [3.8, 4) is 0 Å². The molecule has 1 aliphatic rings.